The SMILES string of the molecule is COCCCNc1c(Cl)cc(F)cc1Cl. The molecule has 2 nitrogen and oxygen atoms in total. The van der Waals surface area contributed by atoms with Crippen molar-refractivity contribution in [2.75, 3.05) is 25.6 Å². The van der Waals surface area contributed by atoms with Gasteiger partial charge in [-0.2, -0.15) is 0 Å². The number of benzene rings is 1. The highest BCUT2D eigenvalue weighted by molar-refractivity contribution is 6.39. The first-order chi connectivity index (χ1) is 7.15. The van der Waals surface area contributed by atoms with Crippen molar-refractivity contribution in [1.29, 1.82) is 0 Å². The molecule has 0 unspecified atom stereocenters. The molecule has 5 heteroatoms. The molecule has 0 aliphatic carbocycles. The molecule has 0 fully saturated rings. The van der Waals surface area contributed by atoms with Gasteiger partial charge >= 0.3 is 0 Å². The van der Waals surface area contributed by atoms with Crippen LogP contribution in [0.5, 0.6) is 0 Å². The maximum atomic E-state index is 12.8. The Kier molecular flexibility index (Phi) is 5.15. The summed E-state index contributed by atoms with van der Waals surface area (Å²) in [5, 5.41) is 3.61. The Morgan fingerprint density at radius 2 is 1.93 bits per heavy atom. The number of anilines is 1. The molecule has 1 N–H and O–H groups in total. The van der Waals surface area contributed by atoms with E-state index in [1.165, 1.54) is 12.1 Å². The van der Waals surface area contributed by atoms with Crippen molar-refractivity contribution in [2.24, 2.45) is 0 Å². The number of halogens is 3. The van der Waals surface area contributed by atoms with Crippen LogP contribution in [-0.2, 0) is 4.74 Å². The molecule has 0 radical (unpaired) electrons. The Bertz CT molecular complexity index is 310. The van der Waals surface area contributed by atoms with Crippen molar-refractivity contribution in [2.45, 2.75) is 6.42 Å². The standard InChI is InChI=1S/C10H12Cl2FNO/c1-15-4-2-3-14-10-8(11)5-7(13)6-9(10)12/h5-6,14H,2-4H2,1H3. The summed E-state index contributed by atoms with van der Waals surface area (Å²) in [4.78, 5) is 0. The van der Waals surface area contributed by atoms with Gasteiger partial charge in [0.25, 0.3) is 0 Å². The van der Waals surface area contributed by atoms with Crippen molar-refractivity contribution in [3.05, 3.63) is 28.0 Å². The summed E-state index contributed by atoms with van der Waals surface area (Å²) in [5.41, 5.74) is 0.566. The smallest absolute Gasteiger partial charge is 0.126 e. The topological polar surface area (TPSA) is 21.3 Å². The predicted octanol–water partition coefficient (Wildman–Crippen LogP) is 3.58. The normalized spacial score (nSPS) is 10.4. The zero-order chi connectivity index (χ0) is 11.3. The molecular formula is C10H12Cl2FNO. The molecule has 0 amide bonds. The lowest BCUT2D eigenvalue weighted by Crippen LogP contribution is -2.05. The van der Waals surface area contributed by atoms with E-state index in [1.54, 1.807) is 7.11 Å². The summed E-state index contributed by atoms with van der Waals surface area (Å²) in [6.07, 6.45) is 0.834. The number of hydrogen-bond acceptors (Lipinski definition) is 2. The van der Waals surface area contributed by atoms with E-state index in [9.17, 15) is 4.39 Å². The summed E-state index contributed by atoms with van der Waals surface area (Å²) in [6.45, 7) is 1.34. The Morgan fingerprint density at radius 1 is 1.33 bits per heavy atom. The maximum Gasteiger partial charge on any atom is 0.126 e. The molecule has 0 bridgehead atoms. The van der Waals surface area contributed by atoms with Crippen LogP contribution in [-0.4, -0.2) is 20.3 Å². The van der Waals surface area contributed by atoms with Crippen molar-refractivity contribution < 1.29 is 9.13 Å². The largest absolute Gasteiger partial charge is 0.385 e. The van der Waals surface area contributed by atoms with E-state index in [-0.39, 0.29) is 10.0 Å². The molecule has 0 saturated carbocycles. The minimum absolute atomic E-state index is 0.289. The number of methoxy groups -OCH3 is 1. The van der Waals surface area contributed by atoms with Crippen LogP contribution in [0, 0.1) is 5.82 Å². The van der Waals surface area contributed by atoms with Gasteiger partial charge in [-0.1, -0.05) is 23.2 Å². The van der Waals surface area contributed by atoms with Gasteiger partial charge in [-0.3, -0.25) is 0 Å². The molecule has 0 aliphatic rings. The fourth-order valence-corrected chi connectivity index (χ4v) is 1.74. The van der Waals surface area contributed by atoms with Crippen molar-refractivity contribution in [3.8, 4) is 0 Å². The van der Waals surface area contributed by atoms with Crippen LogP contribution < -0.4 is 5.32 Å². The second-order valence-corrected chi connectivity index (χ2v) is 3.83. The molecule has 84 valence electrons. The van der Waals surface area contributed by atoms with Gasteiger partial charge in [-0.25, -0.2) is 4.39 Å². The molecule has 1 rings (SSSR count). The van der Waals surface area contributed by atoms with E-state index >= 15 is 0 Å². The Balaban J connectivity index is 2.60. The van der Waals surface area contributed by atoms with Gasteiger partial charge in [0.05, 0.1) is 15.7 Å². The summed E-state index contributed by atoms with van der Waals surface area (Å²) >= 11 is 11.7. The quantitative estimate of drug-likeness (QED) is 0.808. The van der Waals surface area contributed by atoms with E-state index in [4.69, 9.17) is 27.9 Å². The first kappa shape index (κ1) is 12.6. The van der Waals surface area contributed by atoms with Crippen LogP contribution in [0.1, 0.15) is 6.42 Å². The molecule has 0 aromatic heterocycles. The monoisotopic (exact) mass is 251 g/mol. The van der Waals surface area contributed by atoms with Crippen LogP contribution in [0.25, 0.3) is 0 Å². The van der Waals surface area contributed by atoms with Gasteiger partial charge in [-0.15, -0.1) is 0 Å². The first-order valence-electron chi connectivity index (χ1n) is 4.52. The highest BCUT2D eigenvalue weighted by Gasteiger charge is 2.07. The molecular weight excluding hydrogens is 240 g/mol. The van der Waals surface area contributed by atoms with E-state index in [0.717, 1.165) is 6.42 Å². The molecule has 0 atom stereocenters. The van der Waals surface area contributed by atoms with Crippen LogP contribution >= 0.6 is 23.2 Å². The lowest BCUT2D eigenvalue weighted by molar-refractivity contribution is 0.198. The second-order valence-electron chi connectivity index (χ2n) is 3.02. The third kappa shape index (κ3) is 3.86. The van der Waals surface area contributed by atoms with E-state index in [0.29, 0.717) is 18.8 Å². The van der Waals surface area contributed by atoms with Crippen molar-refractivity contribution >= 4 is 28.9 Å². The van der Waals surface area contributed by atoms with Crippen LogP contribution in [0.2, 0.25) is 10.0 Å². The lowest BCUT2D eigenvalue weighted by Gasteiger charge is -2.10. The molecule has 0 heterocycles. The third-order valence-electron chi connectivity index (χ3n) is 1.83. The first-order valence-corrected chi connectivity index (χ1v) is 5.28. The summed E-state index contributed by atoms with van der Waals surface area (Å²) in [5.74, 6) is -0.438. The van der Waals surface area contributed by atoms with E-state index < -0.39 is 5.82 Å². The zero-order valence-corrected chi connectivity index (χ0v) is 9.83. The Morgan fingerprint density at radius 3 is 2.47 bits per heavy atom. The van der Waals surface area contributed by atoms with Gasteiger partial charge in [0.15, 0.2) is 0 Å². The van der Waals surface area contributed by atoms with E-state index in [2.05, 4.69) is 5.32 Å². The molecule has 15 heavy (non-hydrogen) atoms. The molecule has 0 aliphatic heterocycles. The number of hydrogen-bond donors (Lipinski definition) is 1. The number of nitrogens with one attached hydrogen (secondary N) is 1. The van der Waals surface area contributed by atoms with Crippen molar-refractivity contribution in [3.63, 3.8) is 0 Å². The van der Waals surface area contributed by atoms with Gasteiger partial charge in [0.1, 0.15) is 5.82 Å². The van der Waals surface area contributed by atoms with Gasteiger partial charge in [0, 0.05) is 20.3 Å². The maximum absolute atomic E-state index is 12.8. The summed E-state index contributed by atoms with van der Waals surface area (Å²) < 4.78 is 17.7. The molecule has 1 aromatic rings. The van der Waals surface area contributed by atoms with Gasteiger partial charge in [-0.05, 0) is 18.6 Å². The zero-order valence-electron chi connectivity index (χ0n) is 8.32. The highest BCUT2D eigenvalue weighted by atomic mass is 35.5. The number of rotatable bonds is 5. The lowest BCUT2D eigenvalue weighted by atomic mass is 10.3. The Labute approximate surface area is 98.3 Å². The average Bonchev–Trinajstić information content (AvgIpc) is 2.15. The van der Waals surface area contributed by atoms with Crippen molar-refractivity contribution in [1.82, 2.24) is 0 Å². The molecule has 1 aromatic carbocycles. The molecule has 0 saturated heterocycles. The fourth-order valence-electron chi connectivity index (χ4n) is 1.14. The van der Waals surface area contributed by atoms with Gasteiger partial charge in [0.2, 0.25) is 0 Å². The van der Waals surface area contributed by atoms with Crippen LogP contribution in [0.4, 0.5) is 10.1 Å². The highest BCUT2D eigenvalue weighted by Crippen LogP contribution is 2.31. The fraction of sp³-hybridized carbons (Fsp3) is 0.400. The molecule has 0 spiro atoms. The van der Waals surface area contributed by atoms with Crippen LogP contribution in [0.15, 0.2) is 12.1 Å². The summed E-state index contributed by atoms with van der Waals surface area (Å²) in [6, 6.07) is 2.46. The third-order valence-corrected chi connectivity index (χ3v) is 2.43. The average molecular weight is 252 g/mol. The van der Waals surface area contributed by atoms with E-state index in [1.807, 2.05) is 0 Å². The Hall–Kier alpha value is -0.510. The minimum Gasteiger partial charge on any atom is -0.385 e. The van der Waals surface area contributed by atoms with Gasteiger partial charge < -0.3 is 10.1 Å². The minimum atomic E-state index is -0.438. The predicted molar refractivity (Wildman–Crippen MR) is 61.4 cm³/mol. The van der Waals surface area contributed by atoms with Crippen LogP contribution in [0.3, 0.4) is 0 Å². The summed E-state index contributed by atoms with van der Waals surface area (Å²) in [7, 11) is 1.64. The second kappa shape index (κ2) is 6.16. The number of ether oxygens (including phenoxy) is 1.